The van der Waals surface area contributed by atoms with Gasteiger partial charge in [0.25, 0.3) is 0 Å². The Morgan fingerprint density at radius 3 is 2.70 bits per heavy atom. The fourth-order valence-corrected chi connectivity index (χ4v) is 1.82. The molecule has 0 fully saturated rings. The van der Waals surface area contributed by atoms with Crippen LogP contribution < -0.4 is 10.1 Å². The summed E-state index contributed by atoms with van der Waals surface area (Å²) >= 11 is 0. The number of phenols is 1. The van der Waals surface area contributed by atoms with Crippen molar-refractivity contribution in [3.8, 4) is 11.5 Å². The van der Waals surface area contributed by atoms with Gasteiger partial charge in [0.1, 0.15) is 17.3 Å². The van der Waals surface area contributed by atoms with Crippen molar-refractivity contribution in [3.05, 3.63) is 59.9 Å². The molecule has 0 spiro atoms. The van der Waals surface area contributed by atoms with Gasteiger partial charge in [-0.1, -0.05) is 18.2 Å². The third kappa shape index (κ3) is 4.55. The zero-order chi connectivity index (χ0) is 14.2. The molecule has 4 heteroatoms. The first-order valence-electron chi connectivity index (χ1n) is 6.61. The Labute approximate surface area is 118 Å². The van der Waals surface area contributed by atoms with Gasteiger partial charge in [0.2, 0.25) is 0 Å². The molecule has 0 atom stereocenters. The average Bonchev–Trinajstić information content (AvgIpc) is 2.47. The molecule has 2 N–H and O–H groups in total. The predicted octanol–water partition coefficient (Wildman–Crippen LogP) is 3.09. The minimum Gasteiger partial charge on any atom is -0.508 e. The molecule has 0 amide bonds. The van der Waals surface area contributed by atoms with Gasteiger partial charge in [-0.05, 0) is 43.3 Å². The van der Waals surface area contributed by atoms with Crippen molar-refractivity contribution in [2.75, 3.05) is 13.2 Å². The zero-order valence-corrected chi connectivity index (χ0v) is 11.2. The number of hydrogen-bond acceptors (Lipinski definition) is 3. The summed E-state index contributed by atoms with van der Waals surface area (Å²) in [5.74, 6) is 0.627. The van der Waals surface area contributed by atoms with Gasteiger partial charge in [0.05, 0.1) is 6.61 Å². The quantitative estimate of drug-likeness (QED) is 0.763. The third-order valence-corrected chi connectivity index (χ3v) is 2.87. The fourth-order valence-electron chi connectivity index (χ4n) is 1.82. The minimum atomic E-state index is -0.341. The monoisotopic (exact) mass is 275 g/mol. The van der Waals surface area contributed by atoms with E-state index in [9.17, 15) is 9.50 Å². The van der Waals surface area contributed by atoms with E-state index in [1.165, 1.54) is 18.2 Å². The van der Waals surface area contributed by atoms with Gasteiger partial charge in [0, 0.05) is 12.1 Å². The molecule has 0 heterocycles. The van der Waals surface area contributed by atoms with E-state index in [4.69, 9.17) is 4.74 Å². The normalized spacial score (nSPS) is 10.4. The van der Waals surface area contributed by atoms with Crippen LogP contribution in [-0.2, 0) is 6.54 Å². The van der Waals surface area contributed by atoms with Crippen molar-refractivity contribution in [3.63, 3.8) is 0 Å². The molecule has 2 aromatic rings. The van der Waals surface area contributed by atoms with Crippen LogP contribution in [0.25, 0.3) is 0 Å². The molecule has 20 heavy (non-hydrogen) atoms. The van der Waals surface area contributed by atoms with Crippen molar-refractivity contribution in [2.24, 2.45) is 0 Å². The van der Waals surface area contributed by atoms with Gasteiger partial charge in [-0.15, -0.1) is 0 Å². The number of benzene rings is 2. The van der Waals surface area contributed by atoms with Crippen molar-refractivity contribution in [2.45, 2.75) is 13.0 Å². The summed E-state index contributed by atoms with van der Waals surface area (Å²) in [5, 5.41) is 12.7. The lowest BCUT2D eigenvalue weighted by Crippen LogP contribution is -2.17. The summed E-state index contributed by atoms with van der Waals surface area (Å²) in [6.07, 6.45) is 0.838. The van der Waals surface area contributed by atoms with Gasteiger partial charge in [-0.25, -0.2) is 4.39 Å². The van der Waals surface area contributed by atoms with Crippen molar-refractivity contribution in [1.29, 1.82) is 0 Å². The second-order valence-electron chi connectivity index (χ2n) is 4.46. The summed E-state index contributed by atoms with van der Waals surface area (Å²) in [6.45, 7) is 1.80. The van der Waals surface area contributed by atoms with Crippen molar-refractivity contribution >= 4 is 0 Å². The highest BCUT2D eigenvalue weighted by Gasteiger charge is 2.02. The molecule has 0 unspecified atom stereocenters. The van der Waals surface area contributed by atoms with Crippen LogP contribution in [0.2, 0.25) is 0 Å². The van der Waals surface area contributed by atoms with Gasteiger partial charge in [-0.3, -0.25) is 0 Å². The van der Waals surface area contributed by atoms with Crippen LogP contribution in [0.15, 0.2) is 48.5 Å². The first-order chi connectivity index (χ1) is 9.75. The Bertz CT molecular complexity index is 531. The van der Waals surface area contributed by atoms with E-state index in [2.05, 4.69) is 5.32 Å². The first kappa shape index (κ1) is 14.3. The molecular formula is C16H18FNO2. The van der Waals surface area contributed by atoms with Crippen LogP contribution in [0, 0.1) is 5.82 Å². The largest absolute Gasteiger partial charge is 0.508 e. The van der Waals surface area contributed by atoms with Crippen LogP contribution in [0.1, 0.15) is 12.0 Å². The van der Waals surface area contributed by atoms with E-state index >= 15 is 0 Å². The molecule has 0 aliphatic heterocycles. The Kier molecular flexibility index (Phi) is 5.38. The Balaban J connectivity index is 1.63. The first-order valence-corrected chi connectivity index (χ1v) is 6.61. The van der Waals surface area contributed by atoms with Crippen LogP contribution in [-0.4, -0.2) is 18.3 Å². The van der Waals surface area contributed by atoms with Crippen molar-refractivity contribution in [1.82, 2.24) is 5.32 Å². The summed E-state index contributed by atoms with van der Waals surface area (Å²) in [7, 11) is 0. The number of nitrogens with one attached hydrogen (secondary N) is 1. The maximum absolute atomic E-state index is 13.0. The van der Waals surface area contributed by atoms with Gasteiger partial charge < -0.3 is 15.2 Å². The van der Waals surface area contributed by atoms with Crippen LogP contribution in [0.3, 0.4) is 0 Å². The van der Waals surface area contributed by atoms with E-state index in [-0.39, 0.29) is 11.6 Å². The molecule has 2 rings (SSSR count). The Morgan fingerprint density at radius 1 is 1.10 bits per heavy atom. The number of ether oxygens (including phenoxy) is 1. The molecule has 0 saturated heterocycles. The molecular weight excluding hydrogens is 257 g/mol. The summed E-state index contributed by atoms with van der Waals surface area (Å²) < 4.78 is 18.6. The molecule has 2 aromatic carbocycles. The summed E-state index contributed by atoms with van der Waals surface area (Å²) in [5.41, 5.74) is 0.564. The van der Waals surface area contributed by atoms with Gasteiger partial charge in [-0.2, -0.15) is 0 Å². The highest BCUT2D eigenvalue weighted by molar-refractivity contribution is 5.32. The van der Waals surface area contributed by atoms with Crippen LogP contribution in [0.4, 0.5) is 4.39 Å². The van der Waals surface area contributed by atoms with E-state index in [1.54, 1.807) is 0 Å². The smallest absolute Gasteiger partial charge is 0.123 e. The number of aromatic hydroxyl groups is 1. The molecule has 0 radical (unpaired) electrons. The number of hydrogen-bond donors (Lipinski definition) is 2. The standard InChI is InChI=1S/C16H18FNO2/c17-14-7-8-16(19)13(11-14)12-18-9-4-10-20-15-5-2-1-3-6-15/h1-3,5-8,11,18-19H,4,9-10,12H2. The maximum Gasteiger partial charge on any atom is 0.123 e. The van der Waals surface area contributed by atoms with Crippen molar-refractivity contribution < 1.29 is 14.2 Å². The lowest BCUT2D eigenvalue weighted by Gasteiger charge is -2.08. The number of rotatable bonds is 7. The molecule has 0 bridgehead atoms. The summed E-state index contributed by atoms with van der Waals surface area (Å²) in [4.78, 5) is 0. The molecule has 0 aliphatic rings. The molecule has 0 aromatic heterocycles. The van der Waals surface area contributed by atoms with Gasteiger partial charge in [0.15, 0.2) is 0 Å². The second-order valence-corrected chi connectivity index (χ2v) is 4.46. The molecule has 0 aliphatic carbocycles. The fraction of sp³-hybridized carbons (Fsp3) is 0.250. The highest BCUT2D eigenvalue weighted by Crippen LogP contribution is 2.17. The Morgan fingerprint density at radius 2 is 1.90 bits per heavy atom. The number of para-hydroxylation sites is 1. The van der Waals surface area contributed by atoms with Gasteiger partial charge >= 0.3 is 0 Å². The maximum atomic E-state index is 13.0. The Hall–Kier alpha value is -2.07. The number of phenolic OH excluding ortho intramolecular Hbond substituents is 1. The van der Waals surface area contributed by atoms with E-state index < -0.39 is 0 Å². The second kappa shape index (κ2) is 7.50. The van der Waals surface area contributed by atoms with E-state index in [0.29, 0.717) is 18.7 Å². The lowest BCUT2D eigenvalue weighted by atomic mass is 10.2. The topological polar surface area (TPSA) is 41.5 Å². The molecule has 3 nitrogen and oxygen atoms in total. The zero-order valence-electron chi connectivity index (χ0n) is 11.2. The highest BCUT2D eigenvalue weighted by atomic mass is 19.1. The lowest BCUT2D eigenvalue weighted by molar-refractivity contribution is 0.308. The van der Waals surface area contributed by atoms with Crippen LogP contribution >= 0.6 is 0 Å². The van der Waals surface area contributed by atoms with Crippen LogP contribution in [0.5, 0.6) is 11.5 Å². The van der Waals surface area contributed by atoms with E-state index in [1.807, 2.05) is 30.3 Å². The minimum absolute atomic E-state index is 0.111. The molecule has 106 valence electrons. The number of halogens is 1. The third-order valence-electron chi connectivity index (χ3n) is 2.87. The molecule has 0 saturated carbocycles. The summed E-state index contributed by atoms with van der Waals surface area (Å²) in [6, 6.07) is 13.6. The predicted molar refractivity (Wildman–Crippen MR) is 76.3 cm³/mol. The SMILES string of the molecule is Oc1ccc(F)cc1CNCCCOc1ccccc1. The average molecular weight is 275 g/mol. The van der Waals surface area contributed by atoms with E-state index in [0.717, 1.165) is 18.7 Å².